The van der Waals surface area contributed by atoms with Gasteiger partial charge in [0.2, 0.25) is 6.79 Å². The summed E-state index contributed by atoms with van der Waals surface area (Å²) in [6, 6.07) is 12.7. The van der Waals surface area contributed by atoms with Crippen molar-refractivity contribution in [2.45, 2.75) is 6.54 Å². The molecule has 0 spiro atoms. The molecule has 0 aliphatic carbocycles. The van der Waals surface area contributed by atoms with Gasteiger partial charge in [0.1, 0.15) is 0 Å². The van der Waals surface area contributed by atoms with Crippen LogP contribution in [0.15, 0.2) is 59.7 Å². The van der Waals surface area contributed by atoms with E-state index < -0.39 is 0 Å². The lowest BCUT2D eigenvalue weighted by Crippen LogP contribution is -2.23. The average molecular weight is 356 g/mol. The number of halogens is 1. The first-order valence-corrected chi connectivity index (χ1v) is 8.04. The highest BCUT2D eigenvalue weighted by molar-refractivity contribution is 6.30. The van der Waals surface area contributed by atoms with E-state index in [1.807, 2.05) is 18.2 Å². The van der Waals surface area contributed by atoms with Gasteiger partial charge in [-0.3, -0.25) is 9.36 Å². The minimum atomic E-state index is -0.231. The molecule has 0 saturated heterocycles. The fourth-order valence-electron chi connectivity index (χ4n) is 2.57. The summed E-state index contributed by atoms with van der Waals surface area (Å²) >= 11 is 5.90. The minimum Gasteiger partial charge on any atom is -0.454 e. The Hall–Kier alpha value is -2.99. The lowest BCUT2D eigenvalue weighted by atomic mass is 10.2. The predicted molar refractivity (Wildman–Crippen MR) is 94.7 cm³/mol. The molecule has 1 aliphatic heterocycles. The average Bonchev–Trinajstić information content (AvgIpc) is 3.09. The summed E-state index contributed by atoms with van der Waals surface area (Å²) in [6.07, 6.45) is 3.20. The molecule has 2 aromatic carbocycles. The van der Waals surface area contributed by atoms with E-state index in [-0.39, 0.29) is 18.2 Å². The lowest BCUT2D eigenvalue weighted by Gasteiger charge is -2.09. The van der Waals surface area contributed by atoms with Crippen molar-refractivity contribution in [1.82, 2.24) is 9.55 Å². The Balaban J connectivity index is 1.56. The van der Waals surface area contributed by atoms with Crippen LogP contribution in [0.4, 0.5) is 5.82 Å². The van der Waals surface area contributed by atoms with E-state index in [1.54, 1.807) is 36.7 Å². The molecule has 2 heterocycles. The summed E-state index contributed by atoms with van der Waals surface area (Å²) in [5.74, 6) is 1.71. The van der Waals surface area contributed by atoms with Gasteiger partial charge < -0.3 is 14.8 Å². The van der Waals surface area contributed by atoms with Gasteiger partial charge in [0.05, 0.1) is 0 Å². The van der Waals surface area contributed by atoms with E-state index in [2.05, 4.69) is 10.3 Å². The quantitative estimate of drug-likeness (QED) is 0.778. The molecule has 3 aromatic rings. The van der Waals surface area contributed by atoms with Gasteiger partial charge in [-0.05, 0) is 42.0 Å². The number of benzene rings is 2. The predicted octanol–water partition coefficient (Wildman–Crippen LogP) is 3.23. The second-order valence-corrected chi connectivity index (χ2v) is 5.91. The highest BCUT2D eigenvalue weighted by Crippen LogP contribution is 2.32. The Morgan fingerprint density at radius 3 is 2.76 bits per heavy atom. The van der Waals surface area contributed by atoms with Crippen molar-refractivity contribution < 1.29 is 9.47 Å². The fourth-order valence-corrected chi connectivity index (χ4v) is 2.70. The summed E-state index contributed by atoms with van der Waals surface area (Å²) in [6.45, 7) is 0.682. The molecule has 25 heavy (non-hydrogen) atoms. The second-order valence-electron chi connectivity index (χ2n) is 5.47. The molecule has 0 unspecified atom stereocenters. The maximum atomic E-state index is 12.6. The van der Waals surface area contributed by atoms with E-state index in [0.29, 0.717) is 17.3 Å². The molecule has 126 valence electrons. The van der Waals surface area contributed by atoms with Gasteiger partial charge in [-0.15, -0.1) is 0 Å². The van der Waals surface area contributed by atoms with Crippen molar-refractivity contribution in [2.24, 2.45) is 0 Å². The van der Waals surface area contributed by atoms with E-state index >= 15 is 0 Å². The van der Waals surface area contributed by atoms with Crippen LogP contribution in [0.5, 0.6) is 11.5 Å². The number of fused-ring (bicyclic) bond motifs is 1. The Kier molecular flexibility index (Phi) is 4.03. The Morgan fingerprint density at radius 2 is 1.92 bits per heavy atom. The van der Waals surface area contributed by atoms with Crippen molar-refractivity contribution >= 4 is 17.4 Å². The topological polar surface area (TPSA) is 65.4 Å². The highest BCUT2D eigenvalue weighted by Gasteiger charge is 2.13. The molecule has 6 nitrogen and oxygen atoms in total. The molecule has 0 radical (unpaired) electrons. The van der Waals surface area contributed by atoms with Gasteiger partial charge in [0.25, 0.3) is 5.56 Å². The molecule has 0 bridgehead atoms. The summed E-state index contributed by atoms with van der Waals surface area (Å²) in [5.41, 5.74) is 1.46. The van der Waals surface area contributed by atoms with Crippen LogP contribution in [0.3, 0.4) is 0 Å². The van der Waals surface area contributed by atoms with Crippen LogP contribution in [0.1, 0.15) is 5.56 Å². The smallest absolute Gasteiger partial charge is 0.297 e. The standard InChI is InChI=1S/C18H14ClN3O3/c19-13-2-4-14(5-3-13)22-8-7-20-17(18(22)23)21-10-12-1-6-15-16(9-12)25-11-24-15/h1-9H,10-11H2,(H,20,21). The first-order chi connectivity index (χ1) is 12.2. The van der Waals surface area contributed by atoms with Crippen molar-refractivity contribution in [1.29, 1.82) is 0 Å². The Morgan fingerprint density at radius 1 is 1.12 bits per heavy atom. The summed E-state index contributed by atoms with van der Waals surface area (Å²) in [5, 5.41) is 3.69. The van der Waals surface area contributed by atoms with Gasteiger partial charge in [0, 0.05) is 29.6 Å². The van der Waals surface area contributed by atoms with Crippen LogP contribution in [-0.2, 0) is 6.54 Å². The molecule has 1 N–H and O–H groups in total. The number of hydrogen-bond donors (Lipinski definition) is 1. The van der Waals surface area contributed by atoms with Crippen LogP contribution in [0.25, 0.3) is 5.69 Å². The van der Waals surface area contributed by atoms with Crippen molar-refractivity contribution in [3.63, 3.8) is 0 Å². The van der Waals surface area contributed by atoms with Crippen LogP contribution in [0.2, 0.25) is 5.02 Å². The van der Waals surface area contributed by atoms with Gasteiger partial charge in [-0.25, -0.2) is 4.98 Å². The number of nitrogens with zero attached hydrogens (tertiary/aromatic N) is 2. The summed E-state index contributed by atoms with van der Waals surface area (Å²) in [7, 11) is 0. The number of hydrogen-bond acceptors (Lipinski definition) is 5. The van der Waals surface area contributed by atoms with Gasteiger partial charge in [-0.2, -0.15) is 0 Å². The van der Waals surface area contributed by atoms with Gasteiger partial charge in [0.15, 0.2) is 17.3 Å². The molecule has 1 aromatic heterocycles. The third-order valence-electron chi connectivity index (χ3n) is 3.84. The second kappa shape index (κ2) is 6.49. The van der Waals surface area contributed by atoms with E-state index in [4.69, 9.17) is 21.1 Å². The Bertz CT molecular complexity index is 970. The van der Waals surface area contributed by atoms with Crippen molar-refractivity contribution in [2.75, 3.05) is 12.1 Å². The fraction of sp³-hybridized carbons (Fsp3) is 0.111. The van der Waals surface area contributed by atoms with Crippen molar-refractivity contribution in [3.05, 3.63) is 75.8 Å². The molecular formula is C18H14ClN3O3. The zero-order chi connectivity index (χ0) is 17.2. The van der Waals surface area contributed by atoms with E-state index in [0.717, 1.165) is 17.0 Å². The summed E-state index contributed by atoms with van der Waals surface area (Å²) in [4.78, 5) is 16.8. The molecular weight excluding hydrogens is 342 g/mol. The van der Waals surface area contributed by atoms with Crippen LogP contribution in [-0.4, -0.2) is 16.3 Å². The zero-order valence-corrected chi connectivity index (χ0v) is 13.9. The molecule has 0 fully saturated rings. The molecule has 0 amide bonds. The number of rotatable bonds is 4. The zero-order valence-electron chi connectivity index (χ0n) is 13.1. The third kappa shape index (κ3) is 3.16. The minimum absolute atomic E-state index is 0.231. The SMILES string of the molecule is O=c1c(NCc2ccc3c(c2)OCO3)nccn1-c1ccc(Cl)cc1. The normalized spacial score (nSPS) is 12.2. The molecule has 7 heteroatoms. The molecule has 1 aliphatic rings. The van der Waals surface area contributed by atoms with Crippen LogP contribution < -0.4 is 20.3 Å². The monoisotopic (exact) mass is 355 g/mol. The van der Waals surface area contributed by atoms with E-state index in [9.17, 15) is 4.79 Å². The van der Waals surface area contributed by atoms with Crippen LogP contribution in [0, 0.1) is 0 Å². The molecule has 4 rings (SSSR count). The molecule has 0 atom stereocenters. The van der Waals surface area contributed by atoms with Crippen molar-refractivity contribution in [3.8, 4) is 17.2 Å². The van der Waals surface area contributed by atoms with E-state index in [1.165, 1.54) is 4.57 Å². The highest BCUT2D eigenvalue weighted by atomic mass is 35.5. The maximum absolute atomic E-state index is 12.6. The number of ether oxygens (including phenoxy) is 2. The number of aromatic nitrogens is 2. The number of anilines is 1. The number of nitrogens with one attached hydrogen (secondary N) is 1. The first-order valence-electron chi connectivity index (χ1n) is 7.67. The maximum Gasteiger partial charge on any atom is 0.297 e. The van der Waals surface area contributed by atoms with Gasteiger partial charge >= 0.3 is 0 Å². The molecule has 0 saturated carbocycles. The van der Waals surface area contributed by atoms with Crippen LogP contribution >= 0.6 is 11.6 Å². The van der Waals surface area contributed by atoms with Gasteiger partial charge in [-0.1, -0.05) is 17.7 Å². The largest absolute Gasteiger partial charge is 0.454 e. The Labute approximate surface area is 148 Å². The lowest BCUT2D eigenvalue weighted by molar-refractivity contribution is 0.174. The summed E-state index contributed by atoms with van der Waals surface area (Å²) < 4.78 is 12.2. The first kappa shape index (κ1) is 15.5. The third-order valence-corrected chi connectivity index (χ3v) is 4.09.